The van der Waals surface area contributed by atoms with Crippen LogP contribution in [0.15, 0.2) is 30.5 Å². The Morgan fingerprint density at radius 3 is 2.69 bits per heavy atom. The first-order chi connectivity index (χ1) is 12.6. The second-order valence-corrected chi connectivity index (χ2v) is 7.70. The van der Waals surface area contributed by atoms with E-state index in [1.165, 1.54) is 5.56 Å². The van der Waals surface area contributed by atoms with Gasteiger partial charge >= 0.3 is 0 Å². The molecular weight excluding hydrogens is 322 g/mol. The number of hydrogen-bond acceptors (Lipinski definition) is 4. The second kappa shape index (κ2) is 7.16. The first kappa shape index (κ1) is 17.2. The molecule has 1 aliphatic rings. The fraction of sp³-hybridized carbons (Fsp3) is 0.476. The minimum Gasteiger partial charge on any atom is -0.342 e. The number of nitrogens with one attached hydrogen (secondary N) is 1. The van der Waals surface area contributed by atoms with E-state index in [-0.39, 0.29) is 0 Å². The van der Waals surface area contributed by atoms with Gasteiger partial charge in [0, 0.05) is 24.6 Å². The van der Waals surface area contributed by atoms with Crippen molar-refractivity contribution in [2.75, 3.05) is 13.1 Å². The number of aromatic nitrogens is 4. The number of aryl methyl sites for hydroxylation is 1. The van der Waals surface area contributed by atoms with Gasteiger partial charge in [-0.15, -0.1) is 0 Å². The van der Waals surface area contributed by atoms with Crippen molar-refractivity contribution in [3.8, 4) is 0 Å². The molecule has 1 fully saturated rings. The zero-order chi connectivity index (χ0) is 18.1. The summed E-state index contributed by atoms with van der Waals surface area (Å²) in [6, 6.07) is 8.38. The molecule has 3 aromatic rings. The molecule has 0 saturated carbocycles. The number of hydrogen-bond donors (Lipinski definition) is 1. The van der Waals surface area contributed by atoms with E-state index in [1.54, 1.807) is 0 Å². The van der Waals surface area contributed by atoms with E-state index in [0.29, 0.717) is 11.8 Å². The van der Waals surface area contributed by atoms with E-state index in [9.17, 15) is 0 Å². The lowest BCUT2D eigenvalue weighted by Crippen LogP contribution is -2.33. The monoisotopic (exact) mass is 349 g/mol. The maximum Gasteiger partial charge on any atom is 0.131 e. The predicted octanol–water partition coefficient (Wildman–Crippen LogP) is 4.16. The van der Waals surface area contributed by atoms with Crippen molar-refractivity contribution in [3.05, 3.63) is 53.4 Å². The van der Waals surface area contributed by atoms with E-state index in [1.807, 2.05) is 12.3 Å². The van der Waals surface area contributed by atoms with Crippen LogP contribution in [-0.4, -0.2) is 37.9 Å². The van der Waals surface area contributed by atoms with Gasteiger partial charge in [-0.2, -0.15) is 0 Å². The number of para-hydroxylation sites is 1. The van der Waals surface area contributed by atoms with Gasteiger partial charge in [0.2, 0.25) is 0 Å². The van der Waals surface area contributed by atoms with Crippen molar-refractivity contribution in [3.63, 3.8) is 0 Å². The van der Waals surface area contributed by atoms with E-state index in [4.69, 9.17) is 9.97 Å². The average Bonchev–Trinajstić information content (AvgIpc) is 3.08. The van der Waals surface area contributed by atoms with Gasteiger partial charge in [-0.1, -0.05) is 26.0 Å². The fourth-order valence-electron chi connectivity index (χ4n) is 3.76. The molecule has 136 valence electrons. The number of piperidine rings is 1. The number of H-pyrrole nitrogens is 1. The van der Waals surface area contributed by atoms with Crippen LogP contribution in [0.25, 0.3) is 11.0 Å². The van der Waals surface area contributed by atoms with Gasteiger partial charge in [0.25, 0.3) is 0 Å². The van der Waals surface area contributed by atoms with Gasteiger partial charge in [-0.25, -0.2) is 15.0 Å². The van der Waals surface area contributed by atoms with Crippen molar-refractivity contribution in [1.82, 2.24) is 24.8 Å². The maximum absolute atomic E-state index is 4.88. The summed E-state index contributed by atoms with van der Waals surface area (Å²) >= 11 is 0. The Morgan fingerprint density at radius 1 is 1.15 bits per heavy atom. The first-order valence-electron chi connectivity index (χ1n) is 9.59. The van der Waals surface area contributed by atoms with Crippen molar-refractivity contribution < 1.29 is 0 Å². The molecule has 3 heterocycles. The Hall–Kier alpha value is -2.27. The van der Waals surface area contributed by atoms with E-state index in [0.717, 1.165) is 60.9 Å². The molecule has 0 aliphatic carbocycles. The van der Waals surface area contributed by atoms with Crippen molar-refractivity contribution in [2.24, 2.45) is 0 Å². The topological polar surface area (TPSA) is 57.7 Å². The van der Waals surface area contributed by atoms with E-state index in [2.05, 4.69) is 53.8 Å². The van der Waals surface area contributed by atoms with Crippen LogP contribution < -0.4 is 0 Å². The summed E-state index contributed by atoms with van der Waals surface area (Å²) in [5.41, 5.74) is 4.64. The summed E-state index contributed by atoms with van der Waals surface area (Å²) in [4.78, 5) is 20.0. The Balaban J connectivity index is 1.40. The zero-order valence-corrected chi connectivity index (χ0v) is 15.9. The molecule has 0 unspecified atom stereocenters. The van der Waals surface area contributed by atoms with Gasteiger partial charge in [-0.3, -0.25) is 4.90 Å². The van der Waals surface area contributed by atoms with Crippen molar-refractivity contribution in [1.29, 1.82) is 0 Å². The lowest BCUT2D eigenvalue weighted by molar-refractivity contribution is 0.200. The van der Waals surface area contributed by atoms with Crippen LogP contribution in [0.3, 0.4) is 0 Å². The van der Waals surface area contributed by atoms with Gasteiger partial charge < -0.3 is 4.98 Å². The minimum absolute atomic E-state index is 0.372. The number of benzene rings is 1. The second-order valence-electron chi connectivity index (χ2n) is 7.70. The maximum atomic E-state index is 4.88. The molecule has 5 heteroatoms. The molecule has 0 bridgehead atoms. The van der Waals surface area contributed by atoms with Crippen LogP contribution >= 0.6 is 0 Å². The fourth-order valence-corrected chi connectivity index (χ4v) is 3.76. The van der Waals surface area contributed by atoms with Gasteiger partial charge in [-0.05, 0) is 50.6 Å². The highest BCUT2D eigenvalue weighted by Gasteiger charge is 2.23. The molecule has 1 N–H and O–H groups in total. The zero-order valence-electron chi connectivity index (χ0n) is 15.9. The van der Waals surface area contributed by atoms with Crippen molar-refractivity contribution >= 4 is 11.0 Å². The Kier molecular flexibility index (Phi) is 4.72. The highest BCUT2D eigenvalue weighted by atomic mass is 15.1. The average molecular weight is 349 g/mol. The number of aromatic amines is 1. The van der Waals surface area contributed by atoms with Crippen LogP contribution in [-0.2, 0) is 6.54 Å². The molecule has 4 rings (SSSR count). The lowest BCUT2D eigenvalue weighted by Gasteiger charge is -2.30. The number of imidazole rings is 1. The van der Waals surface area contributed by atoms with Crippen molar-refractivity contribution in [2.45, 2.75) is 52.0 Å². The third-order valence-corrected chi connectivity index (χ3v) is 5.34. The summed E-state index contributed by atoms with van der Waals surface area (Å²) in [6.45, 7) is 9.49. The summed E-state index contributed by atoms with van der Waals surface area (Å²) < 4.78 is 0. The molecule has 0 radical (unpaired) electrons. The number of rotatable bonds is 4. The Bertz CT molecular complexity index is 890. The van der Waals surface area contributed by atoms with Crippen LogP contribution in [0, 0.1) is 6.92 Å². The van der Waals surface area contributed by atoms with E-state index >= 15 is 0 Å². The molecule has 26 heavy (non-hydrogen) atoms. The third-order valence-electron chi connectivity index (χ3n) is 5.34. The standard InChI is InChI=1S/C21H27N5/c1-14(2)20-22-10-7-17(23-20)13-26-11-8-16(9-12-26)21-24-18-6-4-5-15(3)19(18)25-21/h4-7,10,14,16H,8-9,11-13H2,1-3H3,(H,24,25). The molecule has 1 aliphatic heterocycles. The van der Waals surface area contributed by atoms with E-state index < -0.39 is 0 Å². The number of nitrogens with zero attached hydrogens (tertiary/aromatic N) is 4. The third kappa shape index (κ3) is 3.49. The Labute approximate surface area is 154 Å². The highest BCUT2D eigenvalue weighted by molar-refractivity contribution is 5.78. The largest absolute Gasteiger partial charge is 0.342 e. The molecule has 1 aromatic carbocycles. The van der Waals surface area contributed by atoms with Gasteiger partial charge in [0.05, 0.1) is 16.7 Å². The lowest BCUT2D eigenvalue weighted by atomic mass is 9.96. The summed E-state index contributed by atoms with van der Waals surface area (Å²) in [6.07, 6.45) is 4.17. The molecule has 0 amide bonds. The normalized spacial score (nSPS) is 16.6. The summed E-state index contributed by atoms with van der Waals surface area (Å²) in [7, 11) is 0. The van der Waals surface area contributed by atoms with Gasteiger partial charge in [0.15, 0.2) is 0 Å². The smallest absolute Gasteiger partial charge is 0.131 e. The quantitative estimate of drug-likeness (QED) is 0.768. The van der Waals surface area contributed by atoms with Crippen LogP contribution in [0.1, 0.15) is 61.4 Å². The van der Waals surface area contributed by atoms with Gasteiger partial charge in [0.1, 0.15) is 11.6 Å². The molecule has 1 saturated heterocycles. The Morgan fingerprint density at radius 2 is 1.96 bits per heavy atom. The summed E-state index contributed by atoms with van der Waals surface area (Å²) in [5, 5.41) is 0. The van der Waals surface area contributed by atoms with Crippen LogP contribution in [0.4, 0.5) is 0 Å². The molecule has 0 spiro atoms. The minimum atomic E-state index is 0.372. The highest BCUT2D eigenvalue weighted by Crippen LogP contribution is 2.29. The molecule has 5 nitrogen and oxygen atoms in total. The number of likely N-dealkylation sites (tertiary alicyclic amines) is 1. The number of fused-ring (bicyclic) bond motifs is 1. The molecular formula is C21H27N5. The predicted molar refractivity (Wildman–Crippen MR) is 104 cm³/mol. The molecule has 0 atom stereocenters. The van der Waals surface area contributed by atoms with Crippen LogP contribution in [0.2, 0.25) is 0 Å². The summed E-state index contributed by atoms with van der Waals surface area (Å²) in [5.74, 6) is 2.99. The SMILES string of the molecule is Cc1cccc2[nH]c(C3CCN(Cc4ccnc(C(C)C)n4)CC3)nc12. The van der Waals surface area contributed by atoms with Crippen LogP contribution in [0.5, 0.6) is 0 Å². The first-order valence-corrected chi connectivity index (χ1v) is 9.59. The molecule has 2 aromatic heterocycles.